The Morgan fingerprint density at radius 1 is 1.10 bits per heavy atom. The molecule has 4 nitrogen and oxygen atoms in total. The van der Waals surface area contributed by atoms with Gasteiger partial charge in [0.2, 0.25) is 0 Å². The number of hydrogen-bond acceptors (Lipinski definition) is 5. The minimum atomic E-state index is 0.135. The fraction of sp³-hybridized carbons (Fsp3) is 0.0769. The lowest BCUT2D eigenvalue weighted by molar-refractivity contribution is 0.297. The summed E-state index contributed by atoms with van der Waals surface area (Å²) >= 11 is 19.3. The molecule has 0 bridgehead atoms. The zero-order valence-corrected chi connectivity index (χ0v) is 13.5. The lowest BCUT2D eigenvalue weighted by atomic mass is 10.3. The second-order valence-corrected chi connectivity index (χ2v) is 6.27. The number of rotatable bonds is 3. The fourth-order valence-electron chi connectivity index (χ4n) is 1.75. The van der Waals surface area contributed by atoms with Crippen LogP contribution in [0, 0.1) is 0 Å². The summed E-state index contributed by atoms with van der Waals surface area (Å²) in [6, 6.07) is 4.97. The van der Waals surface area contributed by atoms with Gasteiger partial charge in [-0.1, -0.05) is 34.8 Å². The Labute approximate surface area is 139 Å². The van der Waals surface area contributed by atoms with Gasteiger partial charge in [0.15, 0.2) is 5.82 Å². The number of anilines is 1. The van der Waals surface area contributed by atoms with Crippen LogP contribution in [0.25, 0.3) is 10.2 Å². The summed E-state index contributed by atoms with van der Waals surface area (Å²) in [6.07, 6.45) is 0. The molecule has 2 heterocycles. The molecule has 3 aromatic rings. The van der Waals surface area contributed by atoms with Crippen LogP contribution in [0.2, 0.25) is 15.1 Å². The van der Waals surface area contributed by atoms with E-state index in [0.29, 0.717) is 32.5 Å². The standard InChI is InChI=1S/C13H8Cl3N3OS/c14-7-3-9(16)10(4-8(7)15)20-5-11-18-12(17)6-1-2-21-13(6)19-11/h1-4H,5H2,(H2,17,18,19). The lowest BCUT2D eigenvalue weighted by Gasteiger charge is -2.09. The maximum atomic E-state index is 6.05. The highest BCUT2D eigenvalue weighted by molar-refractivity contribution is 7.16. The number of nitrogens with two attached hydrogens (primary N) is 1. The van der Waals surface area contributed by atoms with E-state index in [9.17, 15) is 0 Å². The first-order chi connectivity index (χ1) is 10.0. The van der Waals surface area contributed by atoms with Gasteiger partial charge < -0.3 is 10.5 Å². The quantitative estimate of drug-likeness (QED) is 0.681. The average Bonchev–Trinajstić information content (AvgIpc) is 2.90. The van der Waals surface area contributed by atoms with Crippen molar-refractivity contribution < 1.29 is 4.74 Å². The summed E-state index contributed by atoms with van der Waals surface area (Å²) in [5.74, 6) is 1.32. The molecule has 0 amide bonds. The third kappa shape index (κ3) is 3.01. The molecular weight excluding hydrogens is 353 g/mol. The smallest absolute Gasteiger partial charge is 0.169 e. The van der Waals surface area contributed by atoms with Gasteiger partial charge in [-0.05, 0) is 17.5 Å². The van der Waals surface area contributed by atoms with Crippen molar-refractivity contribution in [3.05, 3.63) is 44.5 Å². The topological polar surface area (TPSA) is 61.0 Å². The summed E-state index contributed by atoms with van der Waals surface area (Å²) in [7, 11) is 0. The average molecular weight is 361 g/mol. The monoisotopic (exact) mass is 359 g/mol. The zero-order valence-electron chi connectivity index (χ0n) is 10.4. The van der Waals surface area contributed by atoms with Crippen LogP contribution in [-0.2, 0) is 6.61 Å². The summed E-state index contributed by atoms with van der Waals surface area (Å²) < 4.78 is 5.59. The summed E-state index contributed by atoms with van der Waals surface area (Å²) in [5, 5.41) is 3.86. The molecule has 1 aromatic carbocycles. The van der Waals surface area contributed by atoms with Crippen molar-refractivity contribution in [2.75, 3.05) is 5.73 Å². The number of nitrogens with zero attached hydrogens (tertiary/aromatic N) is 2. The molecule has 0 atom stereocenters. The van der Waals surface area contributed by atoms with Gasteiger partial charge in [-0.15, -0.1) is 11.3 Å². The zero-order chi connectivity index (χ0) is 15.0. The first-order valence-corrected chi connectivity index (χ1v) is 7.83. The van der Waals surface area contributed by atoms with Crippen molar-refractivity contribution in [3.8, 4) is 5.75 Å². The van der Waals surface area contributed by atoms with E-state index < -0.39 is 0 Å². The number of halogens is 3. The number of ether oxygens (including phenoxy) is 1. The number of benzene rings is 1. The Kier molecular flexibility index (Phi) is 4.08. The molecule has 0 unspecified atom stereocenters. The predicted molar refractivity (Wildman–Crippen MR) is 87.6 cm³/mol. The van der Waals surface area contributed by atoms with E-state index in [4.69, 9.17) is 45.3 Å². The number of fused-ring (bicyclic) bond motifs is 1. The number of thiophene rings is 1. The SMILES string of the molecule is Nc1nc(COc2cc(Cl)c(Cl)cc2Cl)nc2sccc12. The Hall–Kier alpha value is -1.27. The van der Waals surface area contributed by atoms with Gasteiger partial charge in [-0.3, -0.25) is 0 Å². The first kappa shape index (κ1) is 14.7. The molecule has 108 valence electrons. The second-order valence-electron chi connectivity index (χ2n) is 4.15. The predicted octanol–water partition coefficient (Wildman–Crippen LogP) is 4.81. The van der Waals surface area contributed by atoms with E-state index in [2.05, 4.69) is 9.97 Å². The van der Waals surface area contributed by atoms with E-state index in [-0.39, 0.29) is 6.61 Å². The maximum absolute atomic E-state index is 6.05. The van der Waals surface area contributed by atoms with E-state index in [1.54, 1.807) is 6.07 Å². The number of nitrogen functional groups attached to an aromatic ring is 1. The highest BCUT2D eigenvalue weighted by atomic mass is 35.5. The molecular formula is C13H8Cl3N3OS. The summed E-state index contributed by atoms with van der Waals surface area (Å²) in [4.78, 5) is 9.41. The largest absolute Gasteiger partial charge is 0.484 e. The molecule has 2 N–H and O–H groups in total. The molecule has 0 aliphatic heterocycles. The van der Waals surface area contributed by atoms with Crippen molar-refractivity contribution >= 4 is 62.2 Å². The van der Waals surface area contributed by atoms with Crippen LogP contribution in [0.1, 0.15) is 5.82 Å². The highest BCUT2D eigenvalue weighted by Crippen LogP contribution is 2.34. The summed E-state index contributed by atoms with van der Waals surface area (Å²) in [6.45, 7) is 0.135. The van der Waals surface area contributed by atoms with Crippen LogP contribution < -0.4 is 10.5 Å². The molecule has 3 rings (SSSR count). The molecule has 2 aromatic heterocycles. The minimum absolute atomic E-state index is 0.135. The summed E-state index contributed by atoms with van der Waals surface area (Å²) in [5.41, 5.74) is 5.88. The van der Waals surface area contributed by atoms with E-state index in [1.807, 2.05) is 11.4 Å². The molecule has 0 radical (unpaired) electrons. The normalized spacial score (nSPS) is 11.0. The van der Waals surface area contributed by atoms with Gasteiger partial charge in [0.25, 0.3) is 0 Å². The molecule has 0 spiro atoms. The van der Waals surface area contributed by atoms with Gasteiger partial charge in [0, 0.05) is 6.07 Å². The molecule has 21 heavy (non-hydrogen) atoms. The van der Waals surface area contributed by atoms with Crippen molar-refractivity contribution in [3.63, 3.8) is 0 Å². The number of aromatic nitrogens is 2. The Balaban J connectivity index is 1.85. The first-order valence-electron chi connectivity index (χ1n) is 5.81. The molecule has 0 fully saturated rings. The van der Waals surface area contributed by atoms with Crippen LogP contribution in [0.3, 0.4) is 0 Å². The lowest BCUT2D eigenvalue weighted by Crippen LogP contribution is -2.04. The molecule has 0 saturated carbocycles. The Bertz CT molecular complexity index is 822. The van der Waals surface area contributed by atoms with Crippen molar-refractivity contribution in [2.24, 2.45) is 0 Å². The Morgan fingerprint density at radius 2 is 1.86 bits per heavy atom. The van der Waals surface area contributed by atoms with Crippen LogP contribution in [0.5, 0.6) is 5.75 Å². The highest BCUT2D eigenvalue weighted by Gasteiger charge is 2.10. The van der Waals surface area contributed by atoms with Crippen LogP contribution in [0.15, 0.2) is 23.6 Å². The Morgan fingerprint density at radius 3 is 2.67 bits per heavy atom. The minimum Gasteiger partial charge on any atom is -0.484 e. The van der Waals surface area contributed by atoms with Crippen LogP contribution >= 0.6 is 46.1 Å². The van der Waals surface area contributed by atoms with Crippen molar-refractivity contribution in [1.29, 1.82) is 0 Å². The van der Waals surface area contributed by atoms with E-state index in [0.717, 1.165) is 10.2 Å². The number of hydrogen-bond donors (Lipinski definition) is 1. The van der Waals surface area contributed by atoms with E-state index in [1.165, 1.54) is 17.4 Å². The maximum Gasteiger partial charge on any atom is 0.169 e. The third-order valence-electron chi connectivity index (χ3n) is 2.73. The van der Waals surface area contributed by atoms with Gasteiger partial charge in [0.05, 0.1) is 20.5 Å². The van der Waals surface area contributed by atoms with Crippen molar-refractivity contribution in [2.45, 2.75) is 6.61 Å². The molecule has 0 aliphatic rings. The fourth-order valence-corrected chi connectivity index (χ4v) is 3.13. The molecule has 8 heteroatoms. The molecule has 0 aliphatic carbocycles. The molecule has 0 saturated heterocycles. The second kappa shape index (κ2) is 5.85. The van der Waals surface area contributed by atoms with Crippen LogP contribution in [0.4, 0.5) is 5.82 Å². The van der Waals surface area contributed by atoms with Crippen LogP contribution in [-0.4, -0.2) is 9.97 Å². The van der Waals surface area contributed by atoms with Gasteiger partial charge >= 0.3 is 0 Å². The third-order valence-corrected chi connectivity index (χ3v) is 4.56. The van der Waals surface area contributed by atoms with Crippen molar-refractivity contribution in [1.82, 2.24) is 9.97 Å². The van der Waals surface area contributed by atoms with Gasteiger partial charge in [0.1, 0.15) is 23.0 Å². The van der Waals surface area contributed by atoms with Gasteiger partial charge in [-0.25, -0.2) is 9.97 Å². The van der Waals surface area contributed by atoms with Gasteiger partial charge in [-0.2, -0.15) is 0 Å². The van der Waals surface area contributed by atoms with E-state index >= 15 is 0 Å².